The molecule has 0 aliphatic carbocycles. The van der Waals surface area contributed by atoms with Gasteiger partial charge >= 0.3 is 0 Å². The number of fused-ring (bicyclic) bond motifs is 1. The minimum absolute atomic E-state index is 0.249. The van der Waals surface area contributed by atoms with Crippen LogP contribution in [0.4, 0.5) is 5.69 Å². The van der Waals surface area contributed by atoms with E-state index in [9.17, 15) is 0 Å². The van der Waals surface area contributed by atoms with Crippen LogP contribution in [0.15, 0.2) is 54.6 Å². The molecule has 0 bridgehead atoms. The monoisotopic (exact) mass is 276 g/mol. The predicted molar refractivity (Wildman–Crippen MR) is 89.7 cm³/mol. The Labute approximate surface area is 125 Å². The van der Waals surface area contributed by atoms with Gasteiger partial charge in [0.25, 0.3) is 0 Å². The second kappa shape index (κ2) is 5.57. The van der Waals surface area contributed by atoms with Crippen LogP contribution in [0.3, 0.4) is 0 Å². The number of hydrogen-bond acceptors (Lipinski definition) is 2. The molecular formula is C19H20N2. The van der Waals surface area contributed by atoms with Crippen LogP contribution in [0.1, 0.15) is 29.8 Å². The predicted octanol–water partition coefficient (Wildman–Crippen LogP) is 5.02. The Hall–Kier alpha value is -2.35. The third kappa shape index (κ3) is 2.75. The molecular weight excluding hydrogens is 256 g/mol. The average Bonchev–Trinajstić information content (AvgIpc) is 2.48. The summed E-state index contributed by atoms with van der Waals surface area (Å²) in [5.74, 6) is 0. The summed E-state index contributed by atoms with van der Waals surface area (Å²) in [6.45, 7) is 6.37. The van der Waals surface area contributed by atoms with Gasteiger partial charge in [-0.1, -0.05) is 42.5 Å². The fraction of sp³-hybridized carbons (Fsp3) is 0.211. The molecule has 0 radical (unpaired) electrons. The topological polar surface area (TPSA) is 24.9 Å². The number of nitrogens with one attached hydrogen (secondary N) is 1. The summed E-state index contributed by atoms with van der Waals surface area (Å²) in [4.78, 5) is 4.68. The molecule has 3 aromatic rings. The van der Waals surface area contributed by atoms with Crippen molar-refractivity contribution in [3.63, 3.8) is 0 Å². The lowest BCUT2D eigenvalue weighted by atomic mass is 10.0. The highest BCUT2D eigenvalue weighted by molar-refractivity contribution is 5.90. The molecule has 21 heavy (non-hydrogen) atoms. The van der Waals surface area contributed by atoms with E-state index in [0.29, 0.717) is 0 Å². The van der Waals surface area contributed by atoms with Crippen molar-refractivity contribution in [3.8, 4) is 0 Å². The zero-order valence-corrected chi connectivity index (χ0v) is 12.7. The summed E-state index contributed by atoms with van der Waals surface area (Å²) in [5, 5.41) is 4.78. The molecule has 2 nitrogen and oxygen atoms in total. The first kappa shape index (κ1) is 13.6. The first-order chi connectivity index (χ1) is 10.1. The first-order valence-electron chi connectivity index (χ1n) is 7.33. The van der Waals surface area contributed by atoms with Gasteiger partial charge in [0.05, 0.1) is 11.2 Å². The molecule has 1 aromatic heterocycles. The van der Waals surface area contributed by atoms with Gasteiger partial charge in [-0.2, -0.15) is 0 Å². The van der Waals surface area contributed by atoms with Crippen LogP contribution < -0.4 is 5.32 Å². The zero-order valence-electron chi connectivity index (χ0n) is 12.7. The van der Waals surface area contributed by atoms with Gasteiger partial charge in [-0.25, -0.2) is 0 Å². The molecule has 0 fully saturated rings. The number of benzene rings is 2. The highest BCUT2D eigenvalue weighted by atomic mass is 14.9. The Morgan fingerprint density at radius 3 is 2.52 bits per heavy atom. The van der Waals surface area contributed by atoms with Crippen molar-refractivity contribution in [2.45, 2.75) is 26.8 Å². The normalized spacial score (nSPS) is 12.3. The molecule has 1 unspecified atom stereocenters. The van der Waals surface area contributed by atoms with Crippen molar-refractivity contribution in [2.24, 2.45) is 0 Å². The SMILES string of the molecule is Cc1ccc2cccc(NC(C)c3ccccc3C)c2n1. The molecule has 0 aliphatic heterocycles. The Kier molecular flexibility index (Phi) is 3.61. The van der Waals surface area contributed by atoms with Crippen molar-refractivity contribution in [1.29, 1.82) is 0 Å². The lowest BCUT2D eigenvalue weighted by Crippen LogP contribution is -2.08. The molecule has 0 amide bonds. The van der Waals surface area contributed by atoms with E-state index in [-0.39, 0.29) is 6.04 Å². The quantitative estimate of drug-likeness (QED) is 0.726. The third-order valence-electron chi connectivity index (χ3n) is 3.89. The molecule has 0 aliphatic rings. The van der Waals surface area contributed by atoms with Crippen LogP contribution in [-0.4, -0.2) is 4.98 Å². The summed E-state index contributed by atoms with van der Waals surface area (Å²) >= 11 is 0. The largest absolute Gasteiger partial charge is 0.377 e. The van der Waals surface area contributed by atoms with Gasteiger partial charge in [-0.05, 0) is 44.0 Å². The molecule has 1 heterocycles. The third-order valence-corrected chi connectivity index (χ3v) is 3.89. The number of para-hydroxylation sites is 1. The molecule has 1 N–H and O–H groups in total. The van der Waals surface area contributed by atoms with Crippen LogP contribution in [0, 0.1) is 13.8 Å². The van der Waals surface area contributed by atoms with Crippen LogP contribution in [-0.2, 0) is 0 Å². The van der Waals surface area contributed by atoms with Crippen molar-refractivity contribution in [2.75, 3.05) is 5.32 Å². The fourth-order valence-corrected chi connectivity index (χ4v) is 2.74. The molecule has 0 saturated heterocycles. The number of anilines is 1. The van der Waals surface area contributed by atoms with E-state index in [4.69, 9.17) is 0 Å². The maximum Gasteiger partial charge on any atom is 0.0936 e. The van der Waals surface area contributed by atoms with E-state index < -0.39 is 0 Å². The van der Waals surface area contributed by atoms with Crippen LogP contribution in [0.5, 0.6) is 0 Å². The van der Waals surface area contributed by atoms with Crippen LogP contribution >= 0.6 is 0 Å². The minimum Gasteiger partial charge on any atom is -0.377 e. The van der Waals surface area contributed by atoms with E-state index in [1.54, 1.807) is 0 Å². The lowest BCUT2D eigenvalue weighted by Gasteiger charge is -2.19. The maximum atomic E-state index is 4.68. The highest BCUT2D eigenvalue weighted by Gasteiger charge is 2.10. The second-order valence-corrected chi connectivity index (χ2v) is 5.55. The molecule has 1 atom stereocenters. The molecule has 106 valence electrons. The number of hydrogen-bond donors (Lipinski definition) is 1. The Bertz CT molecular complexity index is 777. The van der Waals surface area contributed by atoms with Gasteiger partial charge in [0.2, 0.25) is 0 Å². The molecule has 2 aromatic carbocycles. The van der Waals surface area contributed by atoms with Gasteiger partial charge in [0, 0.05) is 17.1 Å². The van der Waals surface area contributed by atoms with E-state index in [2.05, 4.69) is 78.7 Å². The summed E-state index contributed by atoms with van der Waals surface area (Å²) in [7, 11) is 0. The molecule has 0 spiro atoms. The second-order valence-electron chi connectivity index (χ2n) is 5.55. The number of nitrogens with zero attached hydrogens (tertiary/aromatic N) is 1. The van der Waals surface area contributed by atoms with Gasteiger partial charge in [-0.3, -0.25) is 4.98 Å². The van der Waals surface area contributed by atoms with Crippen molar-refractivity contribution in [3.05, 3.63) is 71.4 Å². The number of aryl methyl sites for hydroxylation is 2. The van der Waals surface area contributed by atoms with E-state index in [0.717, 1.165) is 16.9 Å². The van der Waals surface area contributed by atoms with Gasteiger partial charge in [-0.15, -0.1) is 0 Å². The standard InChI is InChI=1S/C19H20N2/c1-13-7-4-5-9-17(13)15(3)21-18-10-6-8-16-12-11-14(2)20-19(16)18/h4-12,15,21H,1-3H3. The van der Waals surface area contributed by atoms with Gasteiger partial charge in [0.1, 0.15) is 0 Å². The summed E-state index contributed by atoms with van der Waals surface area (Å²) in [5.41, 5.74) is 5.80. The Morgan fingerprint density at radius 1 is 0.905 bits per heavy atom. The average molecular weight is 276 g/mol. The van der Waals surface area contributed by atoms with Crippen LogP contribution in [0.25, 0.3) is 10.9 Å². The maximum absolute atomic E-state index is 4.68. The van der Waals surface area contributed by atoms with Crippen molar-refractivity contribution in [1.82, 2.24) is 4.98 Å². The Morgan fingerprint density at radius 2 is 1.71 bits per heavy atom. The summed E-state index contributed by atoms with van der Waals surface area (Å²) < 4.78 is 0. The summed E-state index contributed by atoms with van der Waals surface area (Å²) in [6, 6.07) is 19.2. The minimum atomic E-state index is 0.249. The van der Waals surface area contributed by atoms with Crippen LogP contribution in [0.2, 0.25) is 0 Å². The number of aromatic nitrogens is 1. The van der Waals surface area contributed by atoms with Gasteiger partial charge < -0.3 is 5.32 Å². The molecule has 3 rings (SSSR count). The van der Waals surface area contributed by atoms with Crippen molar-refractivity contribution >= 4 is 16.6 Å². The first-order valence-corrected chi connectivity index (χ1v) is 7.33. The summed E-state index contributed by atoms with van der Waals surface area (Å²) in [6.07, 6.45) is 0. The number of pyridine rings is 1. The van der Waals surface area contributed by atoms with E-state index >= 15 is 0 Å². The smallest absolute Gasteiger partial charge is 0.0936 e. The van der Waals surface area contributed by atoms with Gasteiger partial charge in [0.15, 0.2) is 0 Å². The molecule has 2 heteroatoms. The number of rotatable bonds is 3. The Balaban J connectivity index is 1.98. The van der Waals surface area contributed by atoms with E-state index in [1.165, 1.54) is 16.5 Å². The van der Waals surface area contributed by atoms with E-state index in [1.807, 2.05) is 6.92 Å². The highest BCUT2D eigenvalue weighted by Crippen LogP contribution is 2.27. The zero-order chi connectivity index (χ0) is 14.8. The fourth-order valence-electron chi connectivity index (χ4n) is 2.74. The van der Waals surface area contributed by atoms with Crippen molar-refractivity contribution < 1.29 is 0 Å². The molecule has 0 saturated carbocycles. The lowest BCUT2D eigenvalue weighted by molar-refractivity contribution is 0.875.